The number of carboxylic acid groups (broad SMARTS) is 1. The van der Waals surface area contributed by atoms with Gasteiger partial charge in [-0.2, -0.15) is 0 Å². The number of benzene rings is 1. The molecule has 2 N–H and O–H groups in total. The number of ether oxygens (including phenoxy) is 2. The van der Waals surface area contributed by atoms with Crippen molar-refractivity contribution in [3.8, 4) is 5.75 Å². The molecule has 1 aromatic carbocycles. The minimum atomic E-state index is -1.01. The quantitative estimate of drug-likeness (QED) is 0.827. The summed E-state index contributed by atoms with van der Waals surface area (Å²) in [4.78, 5) is 22.8. The number of amides is 1. The molecule has 1 fully saturated rings. The Kier molecular flexibility index (Phi) is 5.38. The second kappa shape index (κ2) is 7.26. The summed E-state index contributed by atoms with van der Waals surface area (Å²) in [6.07, 6.45) is -0.0745. The van der Waals surface area contributed by atoms with Gasteiger partial charge in [-0.25, -0.2) is 4.79 Å². The smallest absolute Gasteiger partial charge is 0.332 e. The molecule has 6 heteroatoms. The van der Waals surface area contributed by atoms with Crippen LogP contribution in [-0.4, -0.2) is 42.8 Å². The Bertz CT molecular complexity index is 557. The summed E-state index contributed by atoms with van der Waals surface area (Å²) in [7, 11) is 1.62. The van der Waals surface area contributed by atoms with Crippen LogP contribution in [-0.2, 0) is 20.7 Å². The van der Waals surface area contributed by atoms with Gasteiger partial charge < -0.3 is 19.9 Å². The van der Waals surface area contributed by atoms with Crippen LogP contribution in [0.2, 0.25) is 0 Å². The lowest BCUT2D eigenvalue weighted by Gasteiger charge is -2.13. The fourth-order valence-electron chi connectivity index (χ4n) is 2.55. The average molecular weight is 307 g/mol. The van der Waals surface area contributed by atoms with E-state index in [1.807, 2.05) is 25.1 Å². The molecule has 0 spiro atoms. The van der Waals surface area contributed by atoms with Gasteiger partial charge in [0.05, 0.1) is 7.11 Å². The number of aliphatic carboxylic acids is 1. The van der Waals surface area contributed by atoms with Crippen LogP contribution >= 0.6 is 0 Å². The first kappa shape index (κ1) is 16.3. The molecule has 1 aromatic rings. The normalized spacial score (nSPS) is 20.6. The number of carbonyl (C=O) groups is 2. The van der Waals surface area contributed by atoms with Crippen molar-refractivity contribution >= 4 is 11.9 Å². The fraction of sp³-hybridized carbons (Fsp3) is 0.500. The zero-order valence-electron chi connectivity index (χ0n) is 12.8. The Morgan fingerprint density at radius 1 is 1.36 bits per heavy atom. The van der Waals surface area contributed by atoms with Crippen LogP contribution in [0.5, 0.6) is 5.75 Å². The fourth-order valence-corrected chi connectivity index (χ4v) is 2.55. The van der Waals surface area contributed by atoms with Crippen LogP contribution < -0.4 is 10.1 Å². The minimum Gasteiger partial charge on any atom is -0.496 e. The predicted octanol–water partition coefficient (Wildman–Crippen LogP) is 1.29. The zero-order valence-corrected chi connectivity index (χ0v) is 12.8. The molecule has 1 aliphatic heterocycles. The lowest BCUT2D eigenvalue weighted by Crippen LogP contribution is -2.36. The number of rotatable bonds is 6. The molecule has 2 atom stereocenters. The van der Waals surface area contributed by atoms with E-state index in [1.54, 1.807) is 7.11 Å². The maximum Gasteiger partial charge on any atom is 0.332 e. The summed E-state index contributed by atoms with van der Waals surface area (Å²) < 4.78 is 10.5. The molecular formula is C16H21NO5. The summed E-state index contributed by atoms with van der Waals surface area (Å²) in [5, 5.41) is 11.6. The molecule has 1 heterocycles. The Morgan fingerprint density at radius 3 is 2.73 bits per heavy atom. The van der Waals surface area contributed by atoms with Gasteiger partial charge in [0, 0.05) is 6.54 Å². The van der Waals surface area contributed by atoms with Crippen molar-refractivity contribution in [1.82, 2.24) is 5.32 Å². The first-order chi connectivity index (χ1) is 10.5. The number of carboxylic acids is 1. The number of methoxy groups -OCH3 is 1. The second-order valence-electron chi connectivity index (χ2n) is 5.39. The molecule has 1 amide bonds. The van der Waals surface area contributed by atoms with E-state index in [0.717, 1.165) is 16.9 Å². The van der Waals surface area contributed by atoms with Gasteiger partial charge in [-0.3, -0.25) is 4.79 Å². The van der Waals surface area contributed by atoms with Crippen LogP contribution in [0.4, 0.5) is 0 Å². The van der Waals surface area contributed by atoms with E-state index < -0.39 is 18.2 Å². The summed E-state index contributed by atoms with van der Waals surface area (Å²) >= 11 is 0. The Hall–Kier alpha value is -2.08. The van der Waals surface area contributed by atoms with E-state index >= 15 is 0 Å². The monoisotopic (exact) mass is 307 g/mol. The van der Waals surface area contributed by atoms with Crippen molar-refractivity contribution in [3.05, 3.63) is 29.3 Å². The van der Waals surface area contributed by atoms with E-state index in [-0.39, 0.29) is 5.91 Å². The molecular weight excluding hydrogens is 286 g/mol. The molecule has 0 unspecified atom stereocenters. The number of aryl methyl sites for hydroxylation is 1. The number of nitrogens with one attached hydrogen (secondary N) is 1. The van der Waals surface area contributed by atoms with E-state index in [0.29, 0.717) is 25.8 Å². The van der Waals surface area contributed by atoms with Crippen molar-refractivity contribution in [3.63, 3.8) is 0 Å². The highest BCUT2D eigenvalue weighted by atomic mass is 16.5. The van der Waals surface area contributed by atoms with Gasteiger partial charge >= 0.3 is 5.97 Å². The van der Waals surface area contributed by atoms with Crippen molar-refractivity contribution in [1.29, 1.82) is 0 Å². The van der Waals surface area contributed by atoms with Crippen LogP contribution in [0.15, 0.2) is 18.2 Å². The molecule has 0 aromatic heterocycles. The van der Waals surface area contributed by atoms with Crippen molar-refractivity contribution in [2.45, 2.75) is 38.4 Å². The highest BCUT2D eigenvalue weighted by Gasteiger charge is 2.34. The zero-order chi connectivity index (χ0) is 16.1. The van der Waals surface area contributed by atoms with Crippen LogP contribution in [0.25, 0.3) is 0 Å². The molecule has 0 radical (unpaired) electrons. The second-order valence-corrected chi connectivity index (χ2v) is 5.39. The molecule has 120 valence electrons. The third kappa shape index (κ3) is 3.98. The van der Waals surface area contributed by atoms with Crippen LogP contribution in [0.1, 0.15) is 24.0 Å². The van der Waals surface area contributed by atoms with E-state index in [9.17, 15) is 9.59 Å². The topological polar surface area (TPSA) is 84.9 Å². The lowest BCUT2D eigenvalue weighted by atomic mass is 10.1. The maximum atomic E-state index is 12.0. The Morgan fingerprint density at radius 2 is 2.09 bits per heavy atom. The lowest BCUT2D eigenvalue weighted by molar-refractivity contribution is -0.151. The summed E-state index contributed by atoms with van der Waals surface area (Å²) in [6.45, 7) is 2.45. The first-order valence-electron chi connectivity index (χ1n) is 7.30. The number of hydrogen-bond donors (Lipinski definition) is 2. The summed E-state index contributed by atoms with van der Waals surface area (Å²) in [5.41, 5.74) is 2.16. The van der Waals surface area contributed by atoms with Crippen LogP contribution in [0, 0.1) is 6.92 Å². The van der Waals surface area contributed by atoms with Gasteiger partial charge in [-0.1, -0.05) is 17.7 Å². The maximum absolute atomic E-state index is 12.0. The average Bonchev–Trinajstić information content (AvgIpc) is 2.97. The first-order valence-corrected chi connectivity index (χ1v) is 7.30. The molecule has 1 aliphatic rings. The third-order valence-corrected chi connectivity index (χ3v) is 3.72. The van der Waals surface area contributed by atoms with Crippen molar-refractivity contribution in [2.24, 2.45) is 0 Å². The SMILES string of the molecule is COc1ccc(C)cc1CCNC(=O)[C@@H]1CC[C@H](C(=O)O)O1. The van der Waals surface area contributed by atoms with Gasteiger partial charge in [0.25, 0.3) is 0 Å². The highest BCUT2D eigenvalue weighted by molar-refractivity contribution is 5.82. The molecule has 6 nitrogen and oxygen atoms in total. The number of carbonyl (C=O) groups excluding carboxylic acids is 1. The third-order valence-electron chi connectivity index (χ3n) is 3.72. The van der Waals surface area contributed by atoms with Crippen LogP contribution in [0.3, 0.4) is 0 Å². The van der Waals surface area contributed by atoms with E-state index in [4.69, 9.17) is 14.6 Å². The Labute approximate surface area is 129 Å². The predicted molar refractivity (Wildman–Crippen MR) is 80.0 cm³/mol. The van der Waals surface area contributed by atoms with Crippen molar-refractivity contribution < 1.29 is 24.2 Å². The molecule has 0 bridgehead atoms. The van der Waals surface area contributed by atoms with E-state index in [1.165, 1.54) is 0 Å². The van der Waals surface area contributed by atoms with Crippen molar-refractivity contribution in [2.75, 3.05) is 13.7 Å². The molecule has 1 saturated heterocycles. The van der Waals surface area contributed by atoms with Gasteiger partial charge in [0.1, 0.15) is 11.9 Å². The summed E-state index contributed by atoms with van der Waals surface area (Å²) in [5.74, 6) is -0.474. The molecule has 22 heavy (non-hydrogen) atoms. The highest BCUT2D eigenvalue weighted by Crippen LogP contribution is 2.21. The van der Waals surface area contributed by atoms with Gasteiger partial charge in [0.15, 0.2) is 6.10 Å². The van der Waals surface area contributed by atoms with Gasteiger partial charge in [0.2, 0.25) is 5.91 Å². The Balaban J connectivity index is 1.83. The largest absolute Gasteiger partial charge is 0.496 e. The number of hydrogen-bond acceptors (Lipinski definition) is 4. The van der Waals surface area contributed by atoms with E-state index in [2.05, 4.69) is 5.32 Å². The van der Waals surface area contributed by atoms with Gasteiger partial charge in [-0.05, 0) is 37.8 Å². The minimum absolute atomic E-state index is 0.254. The summed E-state index contributed by atoms with van der Waals surface area (Å²) in [6, 6.07) is 5.90. The molecule has 0 aliphatic carbocycles. The van der Waals surface area contributed by atoms with Gasteiger partial charge in [-0.15, -0.1) is 0 Å². The standard InChI is InChI=1S/C16H21NO5/c1-10-3-4-12(21-2)11(9-10)7-8-17-15(18)13-5-6-14(22-13)16(19)20/h3-4,9,13-14H,5-8H2,1-2H3,(H,17,18)(H,19,20)/t13-,14+/m0/s1. The molecule has 2 rings (SSSR count). The molecule has 0 saturated carbocycles.